The van der Waals surface area contributed by atoms with Crippen LogP contribution >= 0.6 is 0 Å². The first-order valence-electron chi connectivity index (χ1n) is 10.9. The fourth-order valence-electron chi connectivity index (χ4n) is 4.04. The molecule has 176 valence electrons. The maximum Gasteiger partial charge on any atom is 0.271 e. The molecule has 2 aromatic heterocycles. The quantitative estimate of drug-likeness (QED) is 0.556. The highest BCUT2D eigenvalue weighted by atomic mass is 16.5. The molecule has 33 heavy (non-hydrogen) atoms. The van der Waals surface area contributed by atoms with Crippen LogP contribution in [0.4, 0.5) is 0 Å². The predicted octanol–water partition coefficient (Wildman–Crippen LogP) is 2.07. The van der Waals surface area contributed by atoms with Crippen molar-refractivity contribution in [1.29, 1.82) is 0 Å². The second-order valence-electron chi connectivity index (χ2n) is 7.88. The molecule has 3 heterocycles. The van der Waals surface area contributed by atoms with Crippen molar-refractivity contribution in [3.05, 3.63) is 42.1 Å². The number of benzene rings is 1. The van der Waals surface area contributed by atoms with Crippen LogP contribution in [0, 0.1) is 6.92 Å². The number of aromatic amines is 1. The van der Waals surface area contributed by atoms with E-state index in [0.29, 0.717) is 41.7 Å². The molecule has 0 saturated carbocycles. The van der Waals surface area contributed by atoms with E-state index in [4.69, 9.17) is 14.2 Å². The van der Waals surface area contributed by atoms with Gasteiger partial charge in [-0.3, -0.25) is 14.8 Å². The van der Waals surface area contributed by atoms with Crippen LogP contribution in [-0.4, -0.2) is 89.5 Å². The fourth-order valence-corrected chi connectivity index (χ4v) is 4.04. The van der Waals surface area contributed by atoms with E-state index in [0.717, 1.165) is 37.6 Å². The molecule has 0 unspecified atom stereocenters. The number of nitrogens with one attached hydrogen (secondary N) is 1. The summed E-state index contributed by atoms with van der Waals surface area (Å²) in [7, 11) is 4.69. The lowest BCUT2D eigenvalue weighted by Crippen LogP contribution is -2.49. The van der Waals surface area contributed by atoms with Crippen LogP contribution in [-0.2, 0) is 6.54 Å². The molecule has 1 amide bonds. The van der Waals surface area contributed by atoms with Gasteiger partial charge in [0.1, 0.15) is 11.5 Å². The Morgan fingerprint density at radius 2 is 1.70 bits per heavy atom. The molecular formula is C23H30N6O4. The van der Waals surface area contributed by atoms with E-state index in [1.165, 1.54) is 0 Å². The van der Waals surface area contributed by atoms with E-state index in [9.17, 15) is 4.79 Å². The van der Waals surface area contributed by atoms with Crippen molar-refractivity contribution in [2.45, 2.75) is 13.5 Å². The second kappa shape index (κ2) is 9.95. The van der Waals surface area contributed by atoms with Gasteiger partial charge in [-0.15, -0.1) is 0 Å². The number of rotatable bonds is 8. The third-order valence-corrected chi connectivity index (χ3v) is 6.01. The summed E-state index contributed by atoms with van der Waals surface area (Å²) in [6, 6.07) is 5.39. The maximum atomic E-state index is 13.0. The number of imidazole rings is 1. The summed E-state index contributed by atoms with van der Waals surface area (Å²) < 4.78 is 18.4. The number of H-pyrrole nitrogens is 1. The molecule has 10 nitrogen and oxygen atoms in total. The Balaban J connectivity index is 1.39. The van der Waals surface area contributed by atoms with Crippen LogP contribution < -0.4 is 14.2 Å². The average Bonchev–Trinajstić information content (AvgIpc) is 3.51. The van der Waals surface area contributed by atoms with Crippen molar-refractivity contribution in [3.63, 3.8) is 0 Å². The molecule has 1 saturated heterocycles. The van der Waals surface area contributed by atoms with Gasteiger partial charge in [-0.2, -0.15) is 5.10 Å². The number of ether oxygens (including phenoxy) is 3. The van der Waals surface area contributed by atoms with Crippen LogP contribution in [0.2, 0.25) is 0 Å². The Kier molecular flexibility index (Phi) is 6.83. The molecule has 0 radical (unpaired) electrons. The number of aromatic nitrogens is 4. The molecule has 0 atom stereocenters. The van der Waals surface area contributed by atoms with Crippen LogP contribution in [0.3, 0.4) is 0 Å². The number of nitrogens with zero attached hydrogens (tertiary/aromatic N) is 5. The fraction of sp³-hybridized carbons (Fsp3) is 0.435. The zero-order valence-corrected chi connectivity index (χ0v) is 19.5. The topological polar surface area (TPSA) is 97.7 Å². The number of carbonyl (C=O) groups excluding carboxylic acids is 1. The number of methoxy groups -OCH3 is 3. The zero-order chi connectivity index (χ0) is 23.4. The summed E-state index contributed by atoms with van der Waals surface area (Å²) in [6.07, 6.45) is 3.82. The number of amides is 1. The zero-order valence-electron chi connectivity index (χ0n) is 19.5. The summed E-state index contributed by atoms with van der Waals surface area (Å²) in [5.74, 6) is 2.54. The molecule has 3 aromatic rings. The molecule has 4 rings (SSSR count). The Hall–Kier alpha value is -3.53. The molecule has 1 N–H and O–H groups in total. The van der Waals surface area contributed by atoms with Gasteiger partial charge >= 0.3 is 0 Å². The lowest BCUT2D eigenvalue weighted by molar-refractivity contribution is 0.0627. The van der Waals surface area contributed by atoms with Crippen molar-refractivity contribution < 1.29 is 19.0 Å². The maximum absolute atomic E-state index is 13.0. The van der Waals surface area contributed by atoms with Crippen LogP contribution in [0.15, 0.2) is 30.6 Å². The second-order valence-corrected chi connectivity index (χ2v) is 7.88. The van der Waals surface area contributed by atoms with Crippen LogP contribution in [0.1, 0.15) is 16.3 Å². The van der Waals surface area contributed by atoms with E-state index >= 15 is 0 Å². The first-order valence-corrected chi connectivity index (χ1v) is 10.9. The molecule has 0 spiro atoms. The third kappa shape index (κ3) is 4.80. The Bertz CT molecular complexity index is 1080. The first-order chi connectivity index (χ1) is 16.0. The molecule has 0 aliphatic carbocycles. The van der Waals surface area contributed by atoms with Gasteiger partial charge in [0, 0.05) is 57.2 Å². The van der Waals surface area contributed by atoms with Gasteiger partial charge in [-0.25, -0.2) is 4.98 Å². The Morgan fingerprint density at radius 1 is 1.00 bits per heavy atom. The number of carbonyl (C=O) groups is 1. The smallest absolute Gasteiger partial charge is 0.271 e. The van der Waals surface area contributed by atoms with Crippen molar-refractivity contribution in [2.24, 2.45) is 0 Å². The summed E-state index contributed by atoms with van der Waals surface area (Å²) in [6.45, 7) is 6.89. The van der Waals surface area contributed by atoms with E-state index in [1.807, 2.05) is 36.4 Å². The van der Waals surface area contributed by atoms with E-state index < -0.39 is 0 Å². The monoisotopic (exact) mass is 454 g/mol. The van der Waals surface area contributed by atoms with Crippen molar-refractivity contribution in [1.82, 2.24) is 29.5 Å². The summed E-state index contributed by atoms with van der Waals surface area (Å²) in [4.78, 5) is 21.5. The van der Waals surface area contributed by atoms with E-state index in [1.54, 1.807) is 27.4 Å². The Morgan fingerprint density at radius 3 is 2.27 bits per heavy atom. The van der Waals surface area contributed by atoms with Gasteiger partial charge < -0.3 is 23.7 Å². The third-order valence-electron chi connectivity index (χ3n) is 6.01. The molecule has 1 aromatic carbocycles. The summed E-state index contributed by atoms with van der Waals surface area (Å²) in [5, 5.41) is 7.23. The number of aryl methyl sites for hydroxylation is 1. The summed E-state index contributed by atoms with van der Waals surface area (Å²) >= 11 is 0. The van der Waals surface area contributed by atoms with Crippen molar-refractivity contribution in [3.8, 4) is 28.5 Å². The van der Waals surface area contributed by atoms with E-state index in [-0.39, 0.29) is 5.91 Å². The Labute approximate surface area is 193 Å². The molecule has 1 aliphatic rings. The minimum Gasteiger partial charge on any atom is -0.493 e. The lowest BCUT2D eigenvalue weighted by atomic mass is 10.1. The van der Waals surface area contributed by atoms with Crippen LogP contribution in [0.25, 0.3) is 11.3 Å². The number of hydrogen-bond acceptors (Lipinski definition) is 7. The van der Waals surface area contributed by atoms with Gasteiger partial charge in [0.2, 0.25) is 5.75 Å². The van der Waals surface area contributed by atoms with Gasteiger partial charge in [0.15, 0.2) is 11.5 Å². The normalized spacial score (nSPS) is 14.4. The van der Waals surface area contributed by atoms with E-state index in [2.05, 4.69) is 24.6 Å². The minimum absolute atomic E-state index is 0.0497. The number of hydrogen-bond donors (Lipinski definition) is 1. The lowest BCUT2D eigenvalue weighted by Gasteiger charge is -2.34. The average molecular weight is 455 g/mol. The molecule has 1 aliphatic heterocycles. The minimum atomic E-state index is -0.0497. The SMILES string of the molecule is COc1cc(-c2cc(C(=O)N3CCN(CCn4ccnc4C)CC3)[nH]n2)cc(OC)c1OC. The highest BCUT2D eigenvalue weighted by molar-refractivity contribution is 5.93. The number of piperazine rings is 1. The summed E-state index contributed by atoms with van der Waals surface area (Å²) in [5.41, 5.74) is 1.85. The predicted molar refractivity (Wildman–Crippen MR) is 123 cm³/mol. The molecule has 1 fully saturated rings. The first kappa shape index (κ1) is 22.7. The van der Waals surface area contributed by atoms with Gasteiger partial charge in [-0.05, 0) is 25.1 Å². The highest BCUT2D eigenvalue weighted by Crippen LogP contribution is 2.40. The van der Waals surface area contributed by atoms with Gasteiger partial charge in [0.25, 0.3) is 5.91 Å². The van der Waals surface area contributed by atoms with Crippen molar-refractivity contribution >= 4 is 5.91 Å². The molecule has 10 heteroatoms. The molecule has 0 bridgehead atoms. The van der Waals surface area contributed by atoms with Gasteiger partial charge in [0.05, 0.1) is 27.0 Å². The van der Waals surface area contributed by atoms with Crippen molar-refractivity contribution in [2.75, 3.05) is 54.1 Å². The highest BCUT2D eigenvalue weighted by Gasteiger charge is 2.24. The largest absolute Gasteiger partial charge is 0.493 e. The standard InChI is InChI=1S/C23H30N6O4/c1-16-24-5-6-28(16)10-7-27-8-11-29(12-9-27)23(30)19-15-18(25-26-19)17-13-20(31-2)22(33-4)21(14-17)32-3/h5-6,13-15H,7-12H2,1-4H3,(H,25,26). The van der Waals surface area contributed by atoms with Gasteiger partial charge in [-0.1, -0.05) is 0 Å². The molecular weight excluding hydrogens is 424 g/mol. The van der Waals surface area contributed by atoms with Crippen LogP contribution in [0.5, 0.6) is 17.2 Å².